The first-order valence-corrected chi connectivity index (χ1v) is 9.11. The number of amides is 1. The molecule has 0 aromatic carbocycles. The molecule has 134 valence electrons. The molecular formula is C19H26N4O2. The minimum atomic E-state index is -0.0244. The predicted molar refractivity (Wildman–Crippen MR) is 93.0 cm³/mol. The Balaban J connectivity index is 1.52. The van der Waals surface area contributed by atoms with E-state index in [1.165, 1.54) is 0 Å². The van der Waals surface area contributed by atoms with Crippen molar-refractivity contribution in [3.8, 4) is 0 Å². The second kappa shape index (κ2) is 5.71. The minimum absolute atomic E-state index is 0.0244. The molecule has 6 heteroatoms. The van der Waals surface area contributed by atoms with Crippen molar-refractivity contribution in [1.82, 2.24) is 20.1 Å². The van der Waals surface area contributed by atoms with E-state index in [0.29, 0.717) is 6.54 Å². The largest absolute Gasteiger partial charge is 0.466 e. The van der Waals surface area contributed by atoms with Gasteiger partial charge >= 0.3 is 0 Å². The van der Waals surface area contributed by atoms with Gasteiger partial charge in [0.15, 0.2) is 0 Å². The van der Waals surface area contributed by atoms with Crippen molar-refractivity contribution in [2.75, 3.05) is 0 Å². The molecule has 0 radical (unpaired) electrons. The molecule has 1 amide bonds. The Hall–Kier alpha value is -2.11. The monoisotopic (exact) mass is 342 g/mol. The molecule has 2 atom stereocenters. The first-order chi connectivity index (χ1) is 11.8. The van der Waals surface area contributed by atoms with Crippen LogP contribution in [0.3, 0.4) is 0 Å². The summed E-state index contributed by atoms with van der Waals surface area (Å²) >= 11 is 0. The van der Waals surface area contributed by atoms with Gasteiger partial charge in [-0.15, -0.1) is 10.2 Å². The normalized spacial score (nSPS) is 24.5. The number of hydrogen-bond donors (Lipinski definition) is 1. The Morgan fingerprint density at radius 3 is 2.96 bits per heavy atom. The number of carbonyl (C=O) groups is 1. The van der Waals surface area contributed by atoms with E-state index in [1.54, 1.807) is 0 Å². The highest BCUT2D eigenvalue weighted by Crippen LogP contribution is 2.42. The van der Waals surface area contributed by atoms with Crippen LogP contribution in [0.25, 0.3) is 0 Å². The van der Waals surface area contributed by atoms with Gasteiger partial charge in [0.2, 0.25) is 5.91 Å². The predicted octanol–water partition coefficient (Wildman–Crippen LogP) is 2.88. The second-order valence-corrected chi connectivity index (χ2v) is 8.35. The molecule has 1 aliphatic heterocycles. The lowest BCUT2D eigenvalue weighted by Gasteiger charge is -2.35. The van der Waals surface area contributed by atoms with Crippen LogP contribution in [0.15, 0.2) is 10.5 Å². The Labute approximate surface area is 148 Å². The van der Waals surface area contributed by atoms with Crippen LogP contribution in [0, 0.1) is 25.2 Å². The number of aromatic nitrogens is 3. The van der Waals surface area contributed by atoms with Crippen LogP contribution in [-0.2, 0) is 24.2 Å². The third-order valence-corrected chi connectivity index (χ3v) is 5.56. The lowest BCUT2D eigenvalue weighted by atomic mass is 9.74. The molecule has 2 unspecified atom stereocenters. The molecule has 0 fully saturated rings. The quantitative estimate of drug-likeness (QED) is 0.911. The van der Waals surface area contributed by atoms with E-state index in [2.05, 4.69) is 40.0 Å². The van der Waals surface area contributed by atoms with E-state index >= 15 is 0 Å². The van der Waals surface area contributed by atoms with E-state index in [-0.39, 0.29) is 23.3 Å². The number of rotatable bonds is 2. The van der Waals surface area contributed by atoms with E-state index in [9.17, 15) is 4.79 Å². The number of furan rings is 1. The molecule has 2 aromatic rings. The van der Waals surface area contributed by atoms with Crippen LogP contribution in [0.1, 0.15) is 61.5 Å². The zero-order valence-electron chi connectivity index (χ0n) is 15.4. The number of nitrogens with zero attached hydrogens (tertiary/aromatic N) is 3. The maximum Gasteiger partial charge on any atom is 0.225 e. The molecule has 2 aliphatic rings. The third-order valence-electron chi connectivity index (χ3n) is 5.56. The highest BCUT2D eigenvalue weighted by atomic mass is 16.3. The summed E-state index contributed by atoms with van der Waals surface area (Å²) in [6.45, 7) is 9.07. The lowest BCUT2D eigenvalue weighted by Crippen LogP contribution is -2.41. The molecule has 0 saturated heterocycles. The highest BCUT2D eigenvalue weighted by molar-refractivity contribution is 5.79. The van der Waals surface area contributed by atoms with Gasteiger partial charge in [0.25, 0.3) is 0 Å². The third kappa shape index (κ3) is 2.98. The molecule has 6 nitrogen and oxygen atoms in total. The smallest absolute Gasteiger partial charge is 0.225 e. The van der Waals surface area contributed by atoms with Crippen LogP contribution >= 0.6 is 0 Å². The standard InChI is InChI=1S/C19H26N4O2/c1-11-7-14-15(8-19(3,4)9-16(14)25-11)20-18(24)13-5-6-17-22-21-12(2)23(17)10-13/h7,13,15H,5-6,8-10H2,1-4H3,(H,20,24). The van der Waals surface area contributed by atoms with E-state index in [4.69, 9.17) is 4.42 Å². The number of hydrogen-bond acceptors (Lipinski definition) is 4. The van der Waals surface area contributed by atoms with E-state index in [1.807, 2.05) is 13.8 Å². The maximum absolute atomic E-state index is 12.9. The molecule has 1 N–H and O–H groups in total. The van der Waals surface area contributed by atoms with Crippen LogP contribution in [0.4, 0.5) is 0 Å². The van der Waals surface area contributed by atoms with Crippen molar-refractivity contribution in [2.45, 2.75) is 66.0 Å². The average molecular weight is 342 g/mol. The zero-order valence-corrected chi connectivity index (χ0v) is 15.4. The topological polar surface area (TPSA) is 73.0 Å². The van der Waals surface area contributed by atoms with Crippen molar-refractivity contribution in [3.05, 3.63) is 34.8 Å². The van der Waals surface area contributed by atoms with Crippen molar-refractivity contribution in [1.29, 1.82) is 0 Å². The molecule has 0 bridgehead atoms. The summed E-state index contributed by atoms with van der Waals surface area (Å²) in [5, 5.41) is 11.6. The summed E-state index contributed by atoms with van der Waals surface area (Å²) in [5.74, 6) is 3.94. The Morgan fingerprint density at radius 2 is 2.16 bits per heavy atom. The Bertz CT molecular complexity index is 818. The van der Waals surface area contributed by atoms with Gasteiger partial charge in [-0.3, -0.25) is 4.79 Å². The van der Waals surface area contributed by atoms with Gasteiger partial charge in [-0.1, -0.05) is 13.8 Å². The highest BCUT2D eigenvalue weighted by Gasteiger charge is 2.37. The summed E-state index contributed by atoms with van der Waals surface area (Å²) in [4.78, 5) is 12.9. The van der Waals surface area contributed by atoms with Crippen molar-refractivity contribution < 1.29 is 9.21 Å². The molecule has 1 aliphatic carbocycles. The van der Waals surface area contributed by atoms with Gasteiger partial charge in [0.1, 0.15) is 23.2 Å². The van der Waals surface area contributed by atoms with Crippen LogP contribution < -0.4 is 5.32 Å². The van der Waals surface area contributed by atoms with Gasteiger partial charge < -0.3 is 14.3 Å². The van der Waals surface area contributed by atoms with E-state index in [0.717, 1.165) is 54.4 Å². The molecule has 3 heterocycles. The zero-order chi connectivity index (χ0) is 17.8. The Morgan fingerprint density at radius 1 is 1.36 bits per heavy atom. The van der Waals surface area contributed by atoms with Gasteiger partial charge in [-0.25, -0.2) is 0 Å². The minimum Gasteiger partial charge on any atom is -0.466 e. The van der Waals surface area contributed by atoms with Gasteiger partial charge in [-0.05, 0) is 38.2 Å². The van der Waals surface area contributed by atoms with Crippen LogP contribution in [-0.4, -0.2) is 20.7 Å². The van der Waals surface area contributed by atoms with Gasteiger partial charge in [0.05, 0.1) is 12.0 Å². The number of fused-ring (bicyclic) bond motifs is 2. The number of aryl methyl sites for hydroxylation is 3. The summed E-state index contributed by atoms with van der Waals surface area (Å²) in [6, 6.07) is 2.12. The van der Waals surface area contributed by atoms with Gasteiger partial charge in [0, 0.05) is 24.9 Å². The molecule has 0 spiro atoms. The lowest BCUT2D eigenvalue weighted by molar-refractivity contribution is -0.127. The first-order valence-electron chi connectivity index (χ1n) is 9.11. The van der Waals surface area contributed by atoms with E-state index < -0.39 is 0 Å². The van der Waals surface area contributed by atoms with Crippen LogP contribution in [0.2, 0.25) is 0 Å². The summed E-state index contributed by atoms with van der Waals surface area (Å²) in [7, 11) is 0. The second-order valence-electron chi connectivity index (χ2n) is 8.35. The molecular weight excluding hydrogens is 316 g/mol. The average Bonchev–Trinajstić information content (AvgIpc) is 3.08. The van der Waals surface area contributed by atoms with Crippen LogP contribution in [0.5, 0.6) is 0 Å². The van der Waals surface area contributed by atoms with Crippen molar-refractivity contribution in [2.24, 2.45) is 11.3 Å². The number of carbonyl (C=O) groups excluding carboxylic acids is 1. The molecule has 2 aromatic heterocycles. The molecule has 0 saturated carbocycles. The SMILES string of the molecule is Cc1cc2c(o1)CC(C)(C)CC2NC(=O)C1CCc2nnc(C)n2C1. The summed E-state index contributed by atoms with van der Waals surface area (Å²) in [6.07, 6.45) is 3.51. The summed E-state index contributed by atoms with van der Waals surface area (Å²) in [5.41, 5.74) is 1.28. The fourth-order valence-electron chi connectivity index (χ4n) is 4.28. The molecule has 25 heavy (non-hydrogen) atoms. The van der Waals surface area contributed by atoms with Crippen molar-refractivity contribution >= 4 is 5.91 Å². The fraction of sp³-hybridized carbons (Fsp3) is 0.632. The Kier molecular flexibility index (Phi) is 3.74. The molecule has 4 rings (SSSR count). The first kappa shape index (κ1) is 16.4. The van der Waals surface area contributed by atoms with Gasteiger partial charge in [-0.2, -0.15) is 0 Å². The number of nitrogens with one attached hydrogen (secondary N) is 1. The maximum atomic E-state index is 12.9. The fourth-order valence-corrected chi connectivity index (χ4v) is 4.28. The summed E-state index contributed by atoms with van der Waals surface area (Å²) < 4.78 is 7.95. The van der Waals surface area contributed by atoms with Crippen molar-refractivity contribution in [3.63, 3.8) is 0 Å².